The molecular weight excluding hydrogens is 366 g/mol. The number of nitrogens with one attached hydrogen (secondary N) is 1. The molecule has 1 aromatic carbocycles. The lowest BCUT2D eigenvalue weighted by Gasteiger charge is -2.37. The van der Waals surface area contributed by atoms with Gasteiger partial charge in [-0.1, -0.05) is 18.2 Å². The smallest absolute Gasteiger partial charge is 0.256 e. The maximum atomic E-state index is 13.3. The van der Waals surface area contributed by atoms with Gasteiger partial charge in [0.1, 0.15) is 5.75 Å². The third kappa shape index (κ3) is 3.73. The van der Waals surface area contributed by atoms with Crippen LogP contribution in [0.15, 0.2) is 48.7 Å². The van der Waals surface area contributed by atoms with Crippen molar-refractivity contribution in [1.29, 1.82) is 0 Å². The fourth-order valence-electron chi connectivity index (χ4n) is 3.83. The van der Waals surface area contributed by atoms with Crippen LogP contribution in [0.5, 0.6) is 5.75 Å². The van der Waals surface area contributed by atoms with Gasteiger partial charge in [-0.05, 0) is 38.1 Å². The molecule has 7 nitrogen and oxygen atoms in total. The van der Waals surface area contributed by atoms with Gasteiger partial charge in [-0.2, -0.15) is 5.10 Å². The fourth-order valence-corrected chi connectivity index (χ4v) is 3.83. The molecule has 1 aliphatic heterocycles. The number of nitrogens with zero attached hydrogens (tertiary/aromatic N) is 4. The van der Waals surface area contributed by atoms with E-state index in [1.165, 1.54) is 0 Å². The number of ether oxygens (including phenoxy) is 1. The van der Waals surface area contributed by atoms with Gasteiger partial charge in [0.25, 0.3) is 5.91 Å². The number of carbonyl (C=O) groups is 1. The van der Waals surface area contributed by atoms with Crippen LogP contribution >= 0.6 is 0 Å². The van der Waals surface area contributed by atoms with Crippen molar-refractivity contribution >= 4 is 5.91 Å². The largest absolute Gasteiger partial charge is 0.496 e. The van der Waals surface area contributed by atoms with E-state index in [1.54, 1.807) is 18.0 Å². The number of rotatable bonds is 4. The number of methoxy groups -OCH3 is 1. The number of hydrogen-bond acceptors (Lipinski definition) is 5. The second-order valence-electron chi connectivity index (χ2n) is 7.20. The van der Waals surface area contributed by atoms with Crippen LogP contribution in [0.2, 0.25) is 0 Å². The first-order chi connectivity index (χ1) is 14.1. The van der Waals surface area contributed by atoms with E-state index >= 15 is 0 Å². The van der Waals surface area contributed by atoms with Gasteiger partial charge in [-0.3, -0.25) is 4.79 Å². The number of aromatic nitrogens is 3. The van der Waals surface area contributed by atoms with Crippen molar-refractivity contribution < 1.29 is 9.53 Å². The van der Waals surface area contributed by atoms with Gasteiger partial charge in [0.05, 0.1) is 24.4 Å². The number of aryl methyl sites for hydroxylation is 2. The van der Waals surface area contributed by atoms with Crippen molar-refractivity contribution in [3.05, 3.63) is 71.2 Å². The summed E-state index contributed by atoms with van der Waals surface area (Å²) in [7, 11) is 1.66. The Hall–Kier alpha value is -3.19. The molecular formula is C22H25N5O2. The third-order valence-electron chi connectivity index (χ3n) is 5.22. The second kappa shape index (κ2) is 8.05. The number of pyridine rings is 1. The minimum absolute atomic E-state index is 0.0326. The number of amides is 1. The third-order valence-corrected chi connectivity index (χ3v) is 5.22. The summed E-state index contributed by atoms with van der Waals surface area (Å²) in [6.45, 7) is 6.00. The Morgan fingerprint density at radius 1 is 1.21 bits per heavy atom. The van der Waals surface area contributed by atoms with Crippen LogP contribution in [-0.4, -0.2) is 52.3 Å². The molecule has 3 aromatic rings. The number of para-hydroxylation sites is 1. The van der Waals surface area contributed by atoms with Crippen LogP contribution in [-0.2, 0) is 0 Å². The molecule has 1 amide bonds. The van der Waals surface area contributed by atoms with Crippen LogP contribution in [0, 0.1) is 13.8 Å². The van der Waals surface area contributed by atoms with Crippen molar-refractivity contribution in [2.45, 2.75) is 19.9 Å². The highest BCUT2D eigenvalue weighted by molar-refractivity contribution is 5.94. The van der Waals surface area contributed by atoms with E-state index in [9.17, 15) is 4.79 Å². The van der Waals surface area contributed by atoms with E-state index in [-0.39, 0.29) is 11.9 Å². The zero-order valence-electron chi connectivity index (χ0n) is 16.9. The molecule has 3 heterocycles. The number of piperazine rings is 1. The van der Waals surface area contributed by atoms with Gasteiger partial charge >= 0.3 is 0 Å². The zero-order valence-corrected chi connectivity index (χ0v) is 16.9. The van der Waals surface area contributed by atoms with Gasteiger partial charge in [-0.15, -0.1) is 0 Å². The van der Waals surface area contributed by atoms with Crippen LogP contribution < -0.4 is 10.1 Å². The SMILES string of the molecule is COc1ccccc1C1CNCCN1C(=O)c1ccc(-n2nc(C)cc2C)nc1. The Kier molecular flexibility index (Phi) is 5.31. The standard InChI is InChI=1S/C22H25N5O2/c1-15-12-16(2)27(25-15)21-9-8-17(13-24-21)22(28)26-11-10-23-14-19(26)18-6-4-5-7-20(18)29-3/h4-9,12-13,19,23H,10-11,14H2,1-3H3. The summed E-state index contributed by atoms with van der Waals surface area (Å²) in [5.74, 6) is 1.46. The van der Waals surface area contributed by atoms with Crippen molar-refractivity contribution in [1.82, 2.24) is 25.0 Å². The average Bonchev–Trinajstić information content (AvgIpc) is 3.11. The fraction of sp³-hybridized carbons (Fsp3) is 0.318. The second-order valence-corrected chi connectivity index (χ2v) is 7.20. The summed E-state index contributed by atoms with van der Waals surface area (Å²) in [4.78, 5) is 19.7. The Labute approximate surface area is 170 Å². The minimum atomic E-state index is -0.0944. The first kappa shape index (κ1) is 19.1. The van der Waals surface area contributed by atoms with Crippen LogP contribution in [0.1, 0.15) is 33.4 Å². The highest BCUT2D eigenvalue weighted by atomic mass is 16.5. The average molecular weight is 391 g/mol. The summed E-state index contributed by atoms with van der Waals surface area (Å²) in [6, 6.07) is 13.4. The van der Waals surface area contributed by atoms with Gasteiger partial charge in [0.15, 0.2) is 5.82 Å². The minimum Gasteiger partial charge on any atom is -0.496 e. The Morgan fingerprint density at radius 3 is 2.72 bits per heavy atom. The summed E-state index contributed by atoms with van der Waals surface area (Å²) in [5, 5.41) is 7.84. The topological polar surface area (TPSA) is 72.3 Å². The first-order valence-electron chi connectivity index (χ1n) is 9.73. The summed E-state index contributed by atoms with van der Waals surface area (Å²) >= 11 is 0. The molecule has 4 rings (SSSR count). The van der Waals surface area contributed by atoms with Crippen LogP contribution in [0.4, 0.5) is 0 Å². The van der Waals surface area contributed by atoms with Crippen LogP contribution in [0.25, 0.3) is 5.82 Å². The predicted octanol–water partition coefficient (Wildman–Crippen LogP) is 2.68. The lowest BCUT2D eigenvalue weighted by Crippen LogP contribution is -2.48. The Morgan fingerprint density at radius 2 is 2.03 bits per heavy atom. The molecule has 2 aromatic heterocycles. The van der Waals surface area contributed by atoms with E-state index < -0.39 is 0 Å². The maximum Gasteiger partial charge on any atom is 0.256 e. The Balaban J connectivity index is 1.61. The van der Waals surface area contributed by atoms with E-state index in [1.807, 2.05) is 61.2 Å². The molecule has 1 saturated heterocycles. The lowest BCUT2D eigenvalue weighted by molar-refractivity contribution is 0.0631. The van der Waals surface area contributed by atoms with Gasteiger partial charge in [0, 0.05) is 37.1 Å². The Bertz CT molecular complexity index is 1010. The molecule has 1 unspecified atom stereocenters. The monoisotopic (exact) mass is 391 g/mol. The molecule has 150 valence electrons. The molecule has 0 saturated carbocycles. The molecule has 1 N–H and O–H groups in total. The molecule has 0 spiro atoms. The van der Waals surface area contributed by atoms with E-state index in [4.69, 9.17) is 4.74 Å². The molecule has 0 bridgehead atoms. The van der Waals surface area contributed by atoms with Crippen molar-refractivity contribution in [2.24, 2.45) is 0 Å². The number of benzene rings is 1. The highest BCUT2D eigenvalue weighted by Crippen LogP contribution is 2.31. The quantitative estimate of drug-likeness (QED) is 0.740. The van der Waals surface area contributed by atoms with Gasteiger partial charge in [-0.25, -0.2) is 9.67 Å². The van der Waals surface area contributed by atoms with Gasteiger partial charge < -0.3 is 15.0 Å². The summed E-state index contributed by atoms with van der Waals surface area (Å²) < 4.78 is 7.31. The molecule has 1 atom stereocenters. The molecule has 1 fully saturated rings. The normalized spacial score (nSPS) is 16.7. The maximum absolute atomic E-state index is 13.3. The summed E-state index contributed by atoms with van der Waals surface area (Å²) in [6.07, 6.45) is 1.63. The summed E-state index contributed by atoms with van der Waals surface area (Å²) in [5.41, 5.74) is 3.51. The predicted molar refractivity (Wildman–Crippen MR) is 110 cm³/mol. The zero-order chi connectivity index (χ0) is 20.4. The van der Waals surface area contributed by atoms with E-state index in [0.29, 0.717) is 24.5 Å². The molecule has 1 aliphatic rings. The first-order valence-corrected chi connectivity index (χ1v) is 9.73. The molecule has 29 heavy (non-hydrogen) atoms. The molecule has 7 heteroatoms. The highest BCUT2D eigenvalue weighted by Gasteiger charge is 2.30. The van der Waals surface area contributed by atoms with Crippen molar-refractivity contribution in [3.8, 4) is 11.6 Å². The number of hydrogen-bond donors (Lipinski definition) is 1. The molecule has 0 radical (unpaired) electrons. The van der Waals surface area contributed by atoms with E-state index in [0.717, 1.165) is 29.2 Å². The molecule has 0 aliphatic carbocycles. The number of carbonyl (C=O) groups excluding carboxylic acids is 1. The lowest BCUT2D eigenvalue weighted by atomic mass is 10.0. The van der Waals surface area contributed by atoms with Crippen LogP contribution in [0.3, 0.4) is 0 Å². The van der Waals surface area contributed by atoms with Gasteiger partial charge in [0.2, 0.25) is 0 Å². The van der Waals surface area contributed by atoms with Crippen molar-refractivity contribution in [3.63, 3.8) is 0 Å². The van der Waals surface area contributed by atoms with E-state index in [2.05, 4.69) is 15.4 Å². The van der Waals surface area contributed by atoms with Crippen molar-refractivity contribution in [2.75, 3.05) is 26.7 Å².